The highest BCUT2D eigenvalue weighted by Crippen LogP contribution is 2.29. The molecule has 2 fully saturated rings. The van der Waals surface area contributed by atoms with Crippen molar-refractivity contribution < 1.29 is 8.42 Å². The number of fused-ring (bicyclic) bond motifs is 2. The van der Waals surface area contributed by atoms with Crippen LogP contribution in [-0.2, 0) is 9.84 Å². The predicted molar refractivity (Wildman–Crippen MR) is 74.5 cm³/mol. The standard InChI is InChI=1S/C13H26N2O2S/c1-10(2)18(16,17)7-6-15(3)13-8-11-4-5-12(9-13)14-11/h10-14H,4-9H2,1-3H3. The van der Waals surface area contributed by atoms with Gasteiger partial charge < -0.3 is 10.2 Å². The first-order chi connectivity index (χ1) is 8.38. The van der Waals surface area contributed by atoms with Gasteiger partial charge in [-0.05, 0) is 46.6 Å². The molecule has 0 aromatic rings. The maximum Gasteiger partial charge on any atom is 0.153 e. The molecular formula is C13H26N2O2S. The van der Waals surface area contributed by atoms with Crippen molar-refractivity contribution in [3.63, 3.8) is 0 Å². The Labute approximate surface area is 111 Å². The first-order valence-electron chi connectivity index (χ1n) is 7.06. The van der Waals surface area contributed by atoms with Gasteiger partial charge >= 0.3 is 0 Å². The Morgan fingerprint density at radius 1 is 1.22 bits per heavy atom. The van der Waals surface area contributed by atoms with Gasteiger partial charge in [0.1, 0.15) is 0 Å². The molecular weight excluding hydrogens is 248 g/mol. The van der Waals surface area contributed by atoms with Crippen LogP contribution in [0.2, 0.25) is 0 Å². The Bertz CT molecular complexity index is 368. The number of nitrogens with zero attached hydrogens (tertiary/aromatic N) is 1. The van der Waals surface area contributed by atoms with Crippen molar-refractivity contribution in [1.82, 2.24) is 10.2 Å². The van der Waals surface area contributed by atoms with Crippen LogP contribution < -0.4 is 5.32 Å². The monoisotopic (exact) mass is 274 g/mol. The number of nitrogens with one attached hydrogen (secondary N) is 1. The van der Waals surface area contributed by atoms with E-state index in [0.29, 0.717) is 30.4 Å². The number of hydrogen-bond acceptors (Lipinski definition) is 4. The minimum Gasteiger partial charge on any atom is -0.311 e. The SMILES string of the molecule is CC(C)S(=O)(=O)CCN(C)C1CC2CCC(C1)N2. The molecule has 106 valence electrons. The van der Waals surface area contributed by atoms with Gasteiger partial charge in [0.2, 0.25) is 0 Å². The zero-order valence-electron chi connectivity index (χ0n) is 11.7. The highest BCUT2D eigenvalue weighted by molar-refractivity contribution is 7.92. The summed E-state index contributed by atoms with van der Waals surface area (Å²) in [6.07, 6.45) is 4.93. The average Bonchev–Trinajstić information content (AvgIpc) is 2.65. The molecule has 2 saturated heterocycles. The van der Waals surface area contributed by atoms with Gasteiger partial charge in [0.25, 0.3) is 0 Å². The van der Waals surface area contributed by atoms with Crippen LogP contribution >= 0.6 is 0 Å². The Hall–Kier alpha value is -0.130. The third-order valence-electron chi connectivity index (χ3n) is 4.52. The molecule has 0 saturated carbocycles. The molecule has 2 unspecified atom stereocenters. The van der Waals surface area contributed by atoms with Crippen LogP contribution in [0.3, 0.4) is 0 Å². The Morgan fingerprint density at radius 3 is 2.28 bits per heavy atom. The number of sulfone groups is 1. The van der Waals surface area contributed by atoms with Crippen molar-refractivity contribution in [3.8, 4) is 0 Å². The Kier molecular flexibility index (Phi) is 4.34. The molecule has 2 aliphatic heterocycles. The number of rotatable bonds is 5. The van der Waals surface area contributed by atoms with E-state index in [2.05, 4.69) is 17.3 Å². The molecule has 0 aromatic carbocycles. The summed E-state index contributed by atoms with van der Waals surface area (Å²) in [6.45, 7) is 4.20. The number of hydrogen-bond donors (Lipinski definition) is 1. The Balaban J connectivity index is 1.83. The fourth-order valence-electron chi connectivity index (χ4n) is 3.08. The molecule has 2 aliphatic rings. The minimum atomic E-state index is -2.90. The minimum absolute atomic E-state index is 0.255. The maximum atomic E-state index is 11.8. The normalized spacial score (nSPS) is 32.4. The van der Waals surface area contributed by atoms with Crippen molar-refractivity contribution in [1.29, 1.82) is 0 Å². The zero-order chi connectivity index (χ0) is 13.3. The van der Waals surface area contributed by atoms with Crippen molar-refractivity contribution in [2.75, 3.05) is 19.3 Å². The molecule has 2 rings (SSSR count). The summed E-state index contributed by atoms with van der Waals surface area (Å²) in [4.78, 5) is 2.26. The molecule has 0 aromatic heterocycles. The van der Waals surface area contributed by atoms with Crippen molar-refractivity contribution in [2.24, 2.45) is 0 Å². The molecule has 2 atom stereocenters. The second-order valence-electron chi connectivity index (χ2n) is 6.16. The molecule has 0 amide bonds. The van der Waals surface area contributed by atoms with Gasteiger partial charge in [-0.1, -0.05) is 0 Å². The molecule has 0 spiro atoms. The first-order valence-corrected chi connectivity index (χ1v) is 8.78. The van der Waals surface area contributed by atoms with E-state index in [0.717, 1.165) is 0 Å². The first kappa shape index (κ1) is 14.3. The van der Waals surface area contributed by atoms with Crippen molar-refractivity contribution in [2.45, 2.75) is 62.9 Å². The maximum absolute atomic E-state index is 11.8. The fourth-order valence-corrected chi connectivity index (χ4v) is 4.09. The summed E-state index contributed by atoms with van der Waals surface area (Å²) in [6, 6.07) is 1.89. The lowest BCUT2D eigenvalue weighted by molar-refractivity contribution is 0.180. The number of piperidine rings is 1. The predicted octanol–water partition coefficient (Wildman–Crippen LogP) is 1.02. The van der Waals surface area contributed by atoms with Gasteiger partial charge in [0.15, 0.2) is 9.84 Å². The summed E-state index contributed by atoms with van der Waals surface area (Å²) in [5.41, 5.74) is 0. The summed E-state index contributed by atoms with van der Waals surface area (Å²) in [5.74, 6) is 0.292. The topological polar surface area (TPSA) is 49.4 Å². The lowest BCUT2D eigenvalue weighted by Crippen LogP contribution is -2.48. The summed E-state index contributed by atoms with van der Waals surface area (Å²) < 4.78 is 23.6. The van der Waals surface area contributed by atoms with Gasteiger partial charge in [-0.2, -0.15) is 0 Å². The fraction of sp³-hybridized carbons (Fsp3) is 1.00. The largest absolute Gasteiger partial charge is 0.311 e. The molecule has 0 aliphatic carbocycles. The van der Waals surface area contributed by atoms with Crippen molar-refractivity contribution in [3.05, 3.63) is 0 Å². The van der Waals surface area contributed by atoms with E-state index in [-0.39, 0.29) is 5.25 Å². The van der Waals surface area contributed by atoms with E-state index in [1.807, 2.05) is 0 Å². The van der Waals surface area contributed by atoms with E-state index in [4.69, 9.17) is 0 Å². The van der Waals surface area contributed by atoms with Crippen LogP contribution in [0.25, 0.3) is 0 Å². The van der Waals surface area contributed by atoms with E-state index in [1.54, 1.807) is 13.8 Å². The second-order valence-corrected chi connectivity index (χ2v) is 8.84. The van der Waals surface area contributed by atoms with Crippen molar-refractivity contribution >= 4 is 9.84 Å². The van der Waals surface area contributed by atoms with E-state index >= 15 is 0 Å². The molecule has 5 heteroatoms. The second kappa shape index (κ2) is 5.47. The lowest BCUT2D eigenvalue weighted by Gasteiger charge is -2.35. The summed E-state index contributed by atoms with van der Waals surface area (Å²) in [7, 11) is -0.826. The lowest BCUT2D eigenvalue weighted by atomic mass is 9.99. The van der Waals surface area contributed by atoms with Crippen LogP contribution in [0.15, 0.2) is 0 Å². The van der Waals surface area contributed by atoms with Gasteiger partial charge in [0.05, 0.1) is 11.0 Å². The van der Waals surface area contributed by atoms with E-state index in [9.17, 15) is 8.42 Å². The van der Waals surface area contributed by atoms with Crippen LogP contribution in [-0.4, -0.2) is 56.0 Å². The molecule has 0 radical (unpaired) electrons. The molecule has 2 bridgehead atoms. The average molecular weight is 274 g/mol. The highest BCUT2D eigenvalue weighted by Gasteiger charge is 2.35. The smallest absolute Gasteiger partial charge is 0.153 e. The van der Waals surface area contributed by atoms with Gasteiger partial charge in [-0.25, -0.2) is 8.42 Å². The van der Waals surface area contributed by atoms with Gasteiger partial charge in [0, 0.05) is 24.7 Å². The third-order valence-corrected chi connectivity index (χ3v) is 6.71. The van der Waals surface area contributed by atoms with Crippen LogP contribution in [0.5, 0.6) is 0 Å². The summed E-state index contributed by atoms with van der Waals surface area (Å²) in [5, 5.41) is 3.37. The van der Waals surface area contributed by atoms with Crippen LogP contribution in [0, 0.1) is 0 Å². The highest BCUT2D eigenvalue weighted by atomic mass is 32.2. The molecule has 1 N–H and O–H groups in total. The van der Waals surface area contributed by atoms with Gasteiger partial charge in [-0.15, -0.1) is 0 Å². The zero-order valence-corrected chi connectivity index (χ0v) is 12.5. The van der Waals surface area contributed by atoms with E-state index in [1.165, 1.54) is 25.7 Å². The molecule has 2 heterocycles. The van der Waals surface area contributed by atoms with Gasteiger partial charge in [-0.3, -0.25) is 0 Å². The molecule has 4 nitrogen and oxygen atoms in total. The quantitative estimate of drug-likeness (QED) is 0.813. The molecule has 18 heavy (non-hydrogen) atoms. The third kappa shape index (κ3) is 3.25. The van der Waals surface area contributed by atoms with Crippen LogP contribution in [0.4, 0.5) is 0 Å². The van der Waals surface area contributed by atoms with E-state index < -0.39 is 9.84 Å². The Morgan fingerprint density at radius 2 is 1.78 bits per heavy atom. The van der Waals surface area contributed by atoms with Crippen LogP contribution in [0.1, 0.15) is 39.5 Å². The summed E-state index contributed by atoms with van der Waals surface area (Å²) >= 11 is 0.